The summed E-state index contributed by atoms with van der Waals surface area (Å²) in [6.07, 6.45) is -0.0987. The minimum absolute atomic E-state index is 0.209. The zero-order valence-electron chi connectivity index (χ0n) is 21.8. The average molecular weight is 569 g/mol. The fourth-order valence-corrected chi connectivity index (χ4v) is 7.00. The Morgan fingerprint density at radius 3 is 2.19 bits per heavy atom. The molecule has 6 nitrogen and oxygen atoms in total. The van der Waals surface area contributed by atoms with Crippen molar-refractivity contribution in [2.24, 2.45) is 11.3 Å². The number of hydrogen-bond donors (Lipinski definition) is 1. The summed E-state index contributed by atoms with van der Waals surface area (Å²) < 4.78 is 26.3. The molecular weight excluding hydrogens is 533 g/mol. The van der Waals surface area contributed by atoms with Crippen LogP contribution in [0, 0.1) is 11.3 Å². The molecule has 1 heterocycles. The Balaban J connectivity index is 2.30. The van der Waals surface area contributed by atoms with Crippen molar-refractivity contribution in [1.82, 2.24) is 4.90 Å². The SMILES string of the molecule is CC(C)[C@@H](CS(=O)(=O)C(C)C)N1C(=O)[C@@](C)(CC(=O)O)CC(c2cccc(Cl)c2)C1c1ccc(Cl)cc1. The van der Waals surface area contributed by atoms with Crippen LogP contribution in [0.15, 0.2) is 48.5 Å². The summed E-state index contributed by atoms with van der Waals surface area (Å²) in [5.41, 5.74) is 0.416. The van der Waals surface area contributed by atoms with Gasteiger partial charge in [-0.05, 0) is 61.6 Å². The molecule has 1 N–H and O–H groups in total. The predicted molar refractivity (Wildman–Crippen MR) is 148 cm³/mol. The number of carbonyl (C=O) groups excluding carboxylic acids is 1. The van der Waals surface area contributed by atoms with Gasteiger partial charge in [0.15, 0.2) is 9.84 Å². The van der Waals surface area contributed by atoms with E-state index in [0.717, 1.165) is 11.1 Å². The normalized spacial score (nSPS) is 23.5. The number of rotatable bonds is 9. The van der Waals surface area contributed by atoms with Gasteiger partial charge in [-0.2, -0.15) is 0 Å². The Bertz CT molecular complexity index is 1250. The zero-order valence-corrected chi connectivity index (χ0v) is 24.1. The second-order valence-electron chi connectivity index (χ2n) is 10.9. The van der Waals surface area contributed by atoms with Crippen LogP contribution < -0.4 is 0 Å². The van der Waals surface area contributed by atoms with Crippen LogP contribution in [0.5, 0.6) is 0 Å². The first-order chi connectivity index (χ1) is 17.2. The first kappa shape index (κ1) is 29.5. The maximum absolute atomic E-state index is 14.3. The van der Waals surface area contributed by atoms with Gasteiger partial charge >= 0.3 is 5.97 Å². The van der Waals surface area contributed by atoms with E-state index in [1.165, 1.54) is 0 Å². The number of carboxylic acids is 1. The third-order valence-electron chi connectivity index (χ3n) is 7.38. The highest BCUT2D eigenvalue weighted by Crippen LogP contribution is 2.52. The van der Waals surface area contributed by atoms with Crippen molar-refractivity contribution >= 4 is 44.9 Å². The molecule has 202 valence electrons. The first-order valence-corrected chi connectivity index (χ1v) is 14.9. The lowest BCUT2D eigenvalue weighted by Gasteiger charge is -2.52. The largest absolute Gasteiger partial charge is 0.481 e. The Kier molecular flexibility index (Phi) is 9.03. The Morgan fingerprint density at radius 1 is 1.05 bits per heavy atom. The van der Waals surface area contributed by atoms with Gasteiger partial charge in [0.1, 0.15) is 0 Å². The van der Waals surface area contributed by atoms with Crippen LogP contribution in [0.25, 0.3) is 0 Å². The van der Waals surface area contributed by atoms with E-state index in [1.54, 1.807) is 43.9 Å². The standard InChI is InChI=1S/C28H35Cl2NO5S/c1-17(2)24(16-37(35,36)18(3)4)31-26(19-9-11-21(29)12-10-19)23(20-7-6-8-22(30)13-20)14-28(5,27(31)34)15-25(32)33/h6-13,17-18,23-24,26H,14-16H2,1-5H3,(H,32,33)/t23?,24-,26?,28-/m1/s1. The van der Waals surface area contributed by atoms with E-state index < -0.39 is 38.6 Å². The molecule has 0 saturated carbocycles. The maximum Gasteiger partial charge on any atom is 0.304 e. The lowest BCUT2D eigenvalue weighted by molar-refractivity contribution is -0.161. The highest BCUT2D eigenvalue weighted by Gasteiger charge is 2.53. The van der Waals surface area contributed by atoms with Crippen molar-refractivity contribution in [3.63, 3.8) is 0 Å². The van der Waals surface area contributed by atoms with E-state index in [2.05, 4.69) is 0 Å². The molecular formula is C28H35Cl2NO5S. The number of likely N-dealkylation sites (tertiary alicyclic amines) is 1. The van der Waals surface area contributed by atoms with Gasteiger partial charge in [-0.25, -0.2) is 8.42 Å². The van der Waals surface area contributed by atoms with E-state index in [-0.39, 0.29) is 36.3 Å². The topological polar surface area (TPSA) is 91.8 Å². The number of amides is 1. The number of carbonyl (C=O) groups is 2. The van der Waals surface area contributed by atoms with Crippen molar-refractivity contribution in [2.75, 3.05) is 5.75 Å². The fourth-order valence-electron chi connectivity index (χ4n) is 5.27. The molecule has 2 unspecified atom stereocenters. The zero-order chi connectivity index (χ0) is 27.7. The van der Waals surface area contributed by atoms with Crippen LogP contribution in [0.2, 0.25) is 10.0 Å². The second kappa shape index (κ2) is 11.3. The number of halogens is 2. The summed E-state index contributed by atoms with van der Waals surface area (Å²) in [7, 11) is -3.53. The van der Waals surface area contributed by atoms with Gasteiger partial charge in [0.2, 0.25) is 5.91 Å². The van der Waals surface area contributed by atoms with Gasteiger partial charge in [-0.15, -0.1) is 0 Å². The molecule has 1 aliphatic rings. The molecule has 0 spiro atoms. The van der Waals surface area contributed by atoms with Crippen LogP contribution in [-0.4, -0.2) is 47.3 Å². The second-order valence-corrected chi connectivity index (χ2v) is 14.4. The van der Waals surface area contributed by atoms with E-state index in [4.69, 9.17) is 23.2 Å². The lowest BCUT2D eigenvalue weighted by atomic mass is 9.66. The van der Waals surface area contributed by atoms with Gasteiger partial charge in [0.05, 0.1) is 28.9 Å². The minimum atomic E-state index is -3.53. The number of hydrogen-bond acceptors (Lipinski definition) is 4. The predicted octanol–water partition coefficient (Wildman–Crippen LogP) is 6.38. The molecule has 2 aromatic rings. The van der Waals surface area contributed by atoms with Gasteiger partial charge in [-0.1, -0.05) is 68.2 Å². The molecule has 0 bridgehead atoms. The first-order valence-electron chi connectivity index (χ1n) is 12.4. The summed E-state index contributed by atoms with van der Waals surface area (Å²) in [5.74, 6) is -2.19. The van der Waals surface area contributed by atoms with Gasteiger partial charge in [0.25, 0.3) is 0 Å². The fraction of sp³-hybridized carbons (Fsp3) is 0.500. The lowest BCUT2D eigenvalue weighted by Crippen LogP contribution is -2.59. The van der Waals surface area contributed by atoms with Crippen molar-refractivity contribution < 1.29 is 23.1 Å². The van der Waals surface area contributed by atoms with Gasteiger partial charge < -0.3 is 10.0 Å². The number of nitrogens with zero attached hydrogens (tertiary/aromatic N) is 1. The molecule has 2 aromatic carbocycles. The molecule has 1 aliphatic heterocycles. The van der Waals surface area contributed by atoms with E-state index in [9.17, 15) is 23.1 Å². The molecule has 0 radical (unpaired) electrons. The van der Waals surface area contributed by atoms with Crippen molar-refractivity contribution in [3.05, 3.63) is 69.7 Å². The average Bonchev–Trinajstić information content (AvgIpc) is 2.79. The number of sulfone groups is 1. The van der Waals surface area contributed by atoms with Crippen LogP contribution in [-0.2, 0) is 19.4 Å². The van der Waals surface area contributed by atoms with Gasteiger partial charge in [0, 0.05) is 22.0 Å². The summed E-state index contributed by atoms with van der Waals surface area (Å²) >= 11 is 12.5. The molecule has 9 heteroatoms. The smallest absolute Gasteiger partial charge is 0.304 e. The number of carboxylic acid groups (broad SMARTS) is 1. The number of aliphatic carboxylic acids is 1. The van der Waals surface area contributed by atoms with Crippen LogP contribution >= 0.6 is 23.2 Å². The molecule has 1 fully saturated rings. The van der Waals surface area contributed by atoms with Crippen molar-refractivity contribution in [2.45, 2.75) is 70.7 Å². The van der Waals surface area contributed by atoms with Gasteiger partial charge in [-0.3, -0.25) is 9.59 Å². The van der Waals surface area contributed by atoms with E-state index in [1.807, 2.05) is 44.2 Å². The maximum atomic E-state index is 14.3. The van der Waals surface area contributed by atoms with Crippen LogP contribution in [0.4, 0.5) is 0 Å². The Hall–Kier alpha value is -2.09. The molecule has 4 atom stereocenters. The molecule has 3 rings (SSSR count). The Labute approximate surface area is 229 Å². The van der Waals surface area contributed by atoms with Crippen LogP contribution in [0.1, 0.15) is 70.5 Å². The van der Waals surface area contributed by atoms with Crippen molar-refractivity contribution in [3.8, 4) is 0 Å². The summed E-state index contributed by atoms with van der Waals surface area (Å²) in [6.45, 7) is 8.71. The molecule has 0 aromatic heterocycles. The Morgan fingerprint density at radius 2 is 1.68 bits per heavy atom. The summed E-state index contributed by atoms with van der Waals surface area (Å²) in [5, 5.41) is 10.2. The third-order valence-corrected chi connectivity index (χ3v) is 10.1. The highest BCUT2D eigenvalue weighted by molar-refractivity contribution is 7.92. The van der Waals surface area contributed by atoms with E-state index >= 15 is 0 Å². The molecule has 1 amide bonds. The highest BCUT2D eigenvalue weighted by atomic mass is 35.5. The monoisotopic (exact) mass is 567 g/mol. The van der Waals surface area contributed by atoms with Crippen LogP contribution in [0.3, 0.4) is 0 Å². The molecule has 0 aliphatic carbocycles. The third kappa shape index (κ3) is 6.50. The summed E-state index contributed by atoms with van der Waals surface area (Å²) in [4.78, 5) is 27.9. The number of benzene rings is 2. The van der Waals surface area contributed by atoms with E-state index in [0.29, 0.717) is 10.0 Å². The minimum Gasteiger partial charge on any atom is -0.481 e. The molecule has 1 saturated heterocycles. The quantitative estimate of drug-likeness (QED) is 0.379. The summed E-state index contributed by atoms with van der Waals surface area (Å²) in [6, 6.07) is 13.3. The molecule has 37 heavy (non-hydrogen) atoms. The van der Waals surface area contributed by atoms with Crippen molar-refractivity contribution in [1.29, 1.82) is 0 Å². The number of piperidine rings is 1.